The maximum absolute atomic E-state index is 12.6. The zero-order chi connectivity index (χ0) is 31.7. The first-order chi connectivity index (χ1) is 21.3. The third-order valence-corrected chi connectivity index (χ3v) is 7.25. The normalized spacial score (nSPS) is 20.1. The smallest absolute Gasteiger partial charge is 0.251 e. The number of carbonyl (C=O) groups is 2. The van der Waals surface area contributed by atoms with Crippen LogP contribution in [0.3, 0.4) is 0 Å². The van der Waals surface area contributed by atoms with Gasteiger partial charge < -0.3 is 45.7 Å². The molecule has 1 fully saturated rings. The van der Waals surface area contributed by atoms with E-state index in [-0.39, 0.29) is 37.2 Å². The quantitative estimate of drug-likeness (QED) is 0.113. The Bertz CT molecular complexity index is 1170. The molecule has 0 aromatic heterocycles. The summed E-state index contributed by atoms with van der Waals surface area (Å²) in [6.45, 7) is 6.25. The molecule has 3 rings (SSSR count). The van der Waals surface area contributed by atoms with E-state index >= 15 is 0 Å². The van der Waals surface area contributed by atoms with E-state index in [0.29, 0.717) is 61.4 Å². The number of rotatable bonds is 19. The largest absolute Gasteiger partial charge is 0.394 e. The molecule has 0 aliphatic carbocycles. The van der Waals surface area contributed by atoms with Crippen LogP contribution in [0.25, 0.3) is 0 Å². The van der Waals surface area contributed by atoms with Crippen molar-refractivity contribution in [2.75, 3.05) is 52.0 Å². The van der Waals surface area contributed by atoms with Crippen molar-refractivity contribution >= 4 is 29.3 Å². The number of nitrogens with zero attached hydrogens (tertiary/aromatic N) is 2. The summed E-state index contributed by atoms with van der Waals surface area (Å²) in [4.78, 5) is 30.9. The monoisotopic (exact) mass is 633 g/mol. The summed E-state index contributed by atoms with van der Waals surface area (Å²) in [5, 5.41) is 25.0. The maximum atomic E-state index is 12.6. The van der Waals surface area contributed by atoms with Crippen molar-refractivity contribution < 1.29 is 34.0 Å². The van der Waals surface area contributed by atoms with E-state index in [1.165, 1.54) is 0 Å². The van der Waals surface area contributed by atoms with E-state index in [1.54, 1.807) is 47.5 Å². The van der Waals surface area contributed by atoms with Gasteiger partial charge in [-0.05, 0) is 37.1 Å². The Hall–Kier alpha value is -3.26. The lowest BCUT2D eigenvalue weighted by Crippen LogP contribution is -2.34. The Morgan fingerprint density at radius 1 is 1.07 bits per heavy atom. The molecule has 3 atom stereocenters. The number of carbonyl (C=O) groups excluding carboxylic acids is 2. The molecule has 1 aromatic rings. The predicted molar refractivity (Wildman–Crippen MR) is 168 cm³/mol. The summed E-state index contributed by atoms with van der Waals surface area (Å²) in [6.07, 6.45) is 7.71. The highest BCUT2D eigenvalue weighted by Crippen LogP contribution is 2.28. The predicted octanol–water partition coefficient (Wildman–Crippen LogP) is 2.03. The van der Waals surface area contributed by atoms with Gasteiger partial charge in [0.25, 0.3) is 11.8 Å². The van der Waals surface area contributed by atoms with Crippen LogP contribution >= 0.6 is 11.6 Å². The minimum absolute atomic E-state index is 0.220. The van der Waals surface area contributed by atoms with Crippen molar-refractivity contribution in [3.63, 3.8) is 0 Å². The molecule has 0 saturated carbocycles. The van der Waals surface area contributed by atoms with Crippen molar-refractivity contribution in [2.24, 2.45) is 10.7 Å². The molecule has 6 N–H and O–H groups in total. The van der Waals surface area contributed by atoms with Crippen LogP contribution in [-0.2, 0) is 14.2 Å². The minimum atomic E-state index is -0.797. The molecule has 2 amide bonds. The fourth-order valence-electron chi connectivity index (χ4n) is 4.51. The van der Waals surface area contributed by atoms with Crippen molar-refractivity contribution in [3.8, 4) is 0 Å². The number of hydrogen-bond acceptors (Lipinski definition) is 10. The number of nitrogens with one attached hydrogen (secondary N) is 2. The highest BCUT2D eigenvalue weighted by Gasteiger charge is 2.37. The summed E-state index contributed by atoms with van der Waals surface area (Å²) < 4.78 is 16.7. The first-order valence-corrected chi connectivity index (χ1v) is 15.4. The molecule has 12 nitrogen and oxygen atoms in total. The van der Waals surface area contributed by atoms with Crippen molar-refractivity contribution in [3.05, 3.63) is 71.7 Å². The number of halogens is 1. The molecule has 242 valence electrons. The molecule has 1 saturated heterocycles. The topological polar surface area (TPSA) is 168 Å². The lowest BCUT2D eigenvalue weighted by Gasteiger charge is -2.30. The van der Waals surface area contributed by atoms with Gasteiger partial charge in [0.2, 0.25) is 0 Å². The molecule has 0 bridgehead atoms. The molecule has 1 aromatic carbocycles. The van der Waals surface area contributed by atoms with Crippen LogP contribution in [0.1, 0.15) is 52.8 Å². The third kappa shape index (κ3) is 11.3. The van der Waals surface area contributed by atoms with Gasteiger partial charge in [-0.2, -0.15) is 0 Å². The van der Waals surface area contributed by atoms with Gasteiger partial charge in [-0.1, -0.05) is 31.6 Å². The third-order valence-electron chi connectivity index (χ3n) is 6.98. The molecule has 1 unspecified atom stereocenters. The Balaban J connectivity index is 1.34. The Kier molecular flexibility index (Phi) is 15.4. The van der Waals surface area contributed by atoms with Gasteiger partial charge in [0.05, 0.1) is 32.5 Å². The number of nitrogens with two attached hydrogens (primary N) is 1. The first-order valence-electron chi connectivity index (χ1n) is 14.9. The van der Waals surface area contributed by atoms with Gasteiger partial charge in [0, 0.05) is 54.9 Å². The Morgan fingerprint density at radius 3 is 2.39 bits per heavy atom. The Labute approximate surface area is 263 Å². The van der Waals surface area contributed by atoms with Crippen LogP contribution in [-0.4, -0.2) is 103 Å². The number of alkyl halides is 1. The van der Waals surface area contributed by atoms with Gasteiger partial charge in [0.1, 0.15) is 24.0 Å². The SMILES string of the molecule is C=C1N=C(N)C(C=CCNC(=O)c2ccc(C(=O)NCCOCCOCCCCCCCl)cc2)=CN1[C@H]1CC(O)[C@@H](CO)O1. The highest BCUT2D eigenvalue weighted by molar-refractivity contribution is 6.17. The lowest BCUT2D eigenvalue weighted by molar-refractivity contribution is -0.0564. The standard InChI is InChI=1S/C31H44ClN5O7/c1-22-36-29(33)25(20-37(22)28-19-26(39)27(21-38)44-28)7-6-13-34-30(40)23-8-10-24(11-9-23)31(41)35-14-16-43-18-17-42-15-5-3-2-4-12-32/h6-11,20,26-28,38-39H,1-5,12-19,21H2,(H2,33,36)(H,34,40)(H,35,41)/t26?,27-,28-/m1/s1. The molecule has 2 heterocycles. The van der Waals surface area contributed by atoms with E-state index in [9.17, 15) is 19.8 Å². The second kappa shape index (κ2) is 19.2. The van der Waals surface area contributed by atoms with Crippen LogP contribution in [0.5, 0.6) is 0 Å². The number of ether oxygens (including phenoxy) is 3. The summed E-state index contributed by atoms with van der Waals surface area (Å²) in [5.74, 6) is 0.761. The van der Waals surface area contributed by atoms with E-state index < -0.39 is 18.4 Å². The van der Waals surface area contributed by atoms with Gasteiger partial charge in [0.15, 0.2) is 0 Å². The number of aliphatic hydroxyl groups excluding tert-OH is 2. The van der Waals surface area contributed by atoms with Crippen LogP contribution in [0.4, 0.5) is 0 Å². The highest BCUT2D eigenvalue weighted by atomic mass is 35.5. The van der Waals surface area contributed by atoms with Gasteiger partial charge in [-0.3, -0.25) is 9.59 Å². The number of aliphatic imine (C=N–C) groups is 1. The fourth-order valence-corrected chi connectivity index (χ4v) is 4.69. The second-order valence-corrected chi connectivity index (χ2v) is 10.7. The van der Waals surface area contributed by atoms with Crippen LogP contribution < -0.4 is 16.4 Å². The molecular formula is C31H44ClN5O7. The first kappa shape index (κ1) is 35.2. The minimum Gasteiger partial charge on any atom is -0.394 e. The number of benzene rings is 1. The van der Waals surface area contributed by atoms with Crippen molar-refractivity contribution in [2.45, 2.75) is 50.5 Å². The number of hydrogen-bond donors (Lipinski definition) is 5. The zero-order valence-electron chi connectivity index (χ0n) is 25.0. The zero-order valence-corrected chi connectivity index (χ0v) is 25.7. The van der Waals surface area contributed by atoms with E-state index in [0.717, 1.165) is 25.7 Å². The number of amides is 2. The van der Waals surface area contributed by atoms with E-state index in [1.807, 2.05) is 0 Å². The summed E-state index contributed by atoms with van der Waals surface area (Å²) in [7, 11) is 0. The average Bonchev–Trinajstić information content (AvgIpc) is 3.40. The maximum Gasteiger partial charge on any atom is 0.251 e. The molecule has 44 heavy (non-hydrogen) atoms. The molecule has 13 heteroatoms. The van der Waals surface area contributed by atoms with Crippen LogP contribution in [0.2, 0.25) is 0 Å². The van der Waals surface area contributed by atoms with Crippen LogP contribution in [0, 0.1) is 0 Å². The molecule has 2 aliphatic heterocycles. The van der Waals surface area contributed by atoms with Crippen LogP contribution in [0.15, 0.2) is 65.6 Å². The van der Waals surface area contributed by atoms with Gasteiger partial charge >= 0.3 is 0 Å². The van der Waals surface area contributed by atoms with Gasteiger partial charge in [-0.25, -0.2) is 4.99 Å². The summed E-state index contributed by atoms with van der Waals surface area (Å²) >= 11 is 5.65. The van der Waals surface area contributed by atoms with E-state index in [2.05, 4.69) is 22.2 Å². The Morgan fingerprint density at radius 2 is 1.73 bits per heavy atom. The number of aliphatic hydroxyl groups is 2. The summed E-state index contributed by atoms with van der Waals surface area (Å²) in [5.41, 5.74) is 7.47. The van der Waals surface area contributed by atoms with Crippen molar-refractivity contribution in [1.82, 2.24) is 15.5 Å². The molecule has 2 aliphatic rings. The molecule has 0 spiro atoms. The fraction of sp³-hybridized carbons (Fsp3) is 0.516. The van der Waals surface area contributed by atoms with E-state index in [4.69, 9.17) is 31.5 Å². The number of unbranched alkanes of at least 4 members (excludes halogenated alkanes) is 3. The summed E-state index contributed by atoms with van der Waals surface area (Å²) in [6, 6.07) is 6.36. The average molecular weight is 634 g/mol. The van der Waals surface area contributed by atoms with Gasteiger partial charge in [-0.15, -0.1) is 11.6 Å². The second-order valence-electron chi connectivity index (χ2n) is 10.3. The lowest BCUT2D eigenvalue weighted by atomic mass is 10.1. The molecular weight excluding hydrogens is 590 g/mol. The molecule has 0 radical (unpaired) electrons. The van der Waals surface area contributed by atoms with Crippen molar-refractivity contribution in [1.29, 1.82) is 0 Å². The number of amidine groups is 1.